The largest absolute Gasteiger partial charge is 0.342 e. The smallest absolute Gasteiger partial charge is 0.213 e. The molecule has 0 fully saturated rings. The number of nitrogens with one attached hydrogen (secondary N) is 1. The van der Waals surface area contributed by atoms with Crippen LogP contribution in [0.1, 0.15) is 11.4 Å². The number of fused-ring (bicyclic) bond motifs is 1. The Kier molecular flexibility index (Phi) is 3.98. The van der Waals surface area contributed by atoms with Crippen LogP contribution in [0.5, 0.6) is 0 Å². The summed E-state index contributed by atoms with van der Waals surface area (Å²) in [7, 11) is 0. The van der Waals surface area contributed by atoms with Gasteiger partial charge >= 0.3 is 0 Å². The summed E-state index contributed by atoms with van der Waals surface area (Å²) in [6.07, 6.45) is 2.85. The van der Waals surface area contributed by atoms with Crippen LogP contribution in [0.15, 0.2) is 60.8 Å². The van der Waals surface area contributed by atoms with E-state index in [9.17, 15) is 8.78 Å². The molecule has 3 nitrogen and oxygen atoms in total. The average Bonchev–Trinajstić information content (AvgIpc) is 3.02. The third kappa shape index (κ3) is 3.40. The van der Waals surface area contributed by atoms with Crippen molar-refractivity contribution in [3.8, 4) is 11.1 Å². The van der Waals surface area contributed by atoms with Gasteiger partial charge in [0.1, 0.15) is 11.6 Å². The topological polar surface area (TPSA) is 41.6 Å². The first kappa shape index (κ1) is 15.4. The van der Waals surface area contributed by atoms with Gasteiger partial charge in [0.25, 0.3) is 0 Å². The van der Waals surface area contributed by atoms with E-state index in [2.05, 4.69) is 15.0 Å². The van der Waals surface area contributed by atoms with Crippen LogP contribution in [0.25, 0.3) is 22.2 Å². The SMILES string of the molecule is Fc1cccc(CCc2nc3ccc(-c4ccnc(F)c4)cc3[nH]2)c1. The summed E-state index contributed by atoms with van der Waals surface area (Å²) in [6.45, 7) is 0. The Labute approximate surface area is 143 Å². The molecule has 0 aliphatic carbocycles. The molecule has 2 heterocycles. The maximum Gasteiger partial charge on any atom is 0.213 e. The average molecular weight is 335 g/mol. The van der Waals surface area contributed by atoms with E-state index in [0.29, 0.717) is 12.8 Å². The summed E-state index contributed by atoms with van der Waals surface area (Å²) in [4.78, 5) is 11.4. The van der Waals surface area contributed by atoms with Gasteiger partial charge in [-0.3, -0.25) is 0 Å². The standard InChI is InChI=1S/C20H15F2N3/c21-16-3-1-2-13(10-16)4-7-20-24-17-6-5-14(11-18(17)25-20)15-8-9-23-19(22)12-15/h1-3,5-6,8-12H,4,7H2,(H,24,25). The maximum atomic E-state index is 13.3. The Morgan fingerprint density at radius 1 is 0.880 bits per heavy atom. The molecule has 0 bridgehead atoms. The molecule has 4 rings (SSSR count). The van der Waals surface area contributed by atoms with E-state index < -0.39 is 5.95 Å². The van der Waals surface area contributed by atoms with Crippen molar-refractivity contribution in [1.29, 1.82) is 0 Å². The zero-order valence-corrected chi connectivity index (χ0v) is 13.3. The summed E-state index contributed by atoms with van der Waals surface area (Å²) in [6, 6.07) is 15.5. The fourth-order valence-corrected chi connectivity index (χ4v) is 2.90. The second kappa shape index (κ2) is 6.43. The second-order valence-corrected chi connectivity index (χ2v) is 5.91. The highest BCUT2D eigenvalue weighted by atomic mass is 19.1. The lowest BCUT2D eigenvalue weighted by Crippen LogP contribution is -1.93. The van der Waals surface area contributed by atoms with Crippen molar-refractivity contribution in [2.24, 2.45) is 0 Å². The molecule has 2 aromatic carbocycles. The minimum Gasteiger partial charge on any atom is -0.342 e. The number of hydrogen-bond donors (Lipinski definition) is 1. The number of rotatable bonds is 4. The predicted molar refractivity (Wildman–Crippen MR) is 93.1 cm³/mol. The van der Waals surface area contributed by atoms with Crippen molar-refractivity contribution >= 4 is 11.0 Å². The minimum absolute atomic E-state index is 0.226. The number of nitrogens with zero attached hydrogens (tertiary/aromatic N) is 2. The second-order valence-electron chi connectivity index (χ2n) is 5.91. The first-order valence-electron chi connectivity index (χ1n) is 8.02. The molecular weight excluding hydrogens is 320 g/mol. The van der Waals surface area contributed by atoms with Crippen molar-refractivity contribution in [2.45, 2.75) is 12.8 Å². The number of benzene rings is 2. The Morgan fingerprint density at radius 2 is 1.76 bits per heavy atom. The van der Waals surface area contributed by atoms with E-state index in [0.717, 1.165) is 33.5 Å². The van der Waals surface area contributed by atoms with Crippen LogP contribution in [-0.2, 0) is 12.8 Å². The third-order valence-electron chi connectivity index (χ3n) is 4.13. The first-order valence-corrected chi connectivity index (χ1v) is 8.02. The van der Waals surface area contributed by atoms with Gasteiger partial charge in [-0.15, -0.1) is 0 Å². The van der Waals surface area contributed by atoms with Gasteiger partial charge in [-0.05, 0) is 53.4 Å². The molecule has 0 unspecified atom stereocenters. The Morgan fingerprint density at radius 3 is 2.60 bits per heavy atom. The zero-order chi connectivity index (χ0) is 17.2. The molecule has 124 valence electrons. The van der Waals surface area contributed by atoms with E-state index in [1.165, 1.54) is 18.3 Å². The number of pyridine rings is 1. The minimum atomic E-state index is -0.502. The molecule has 0 amide bonds. The highest BCUT2D eigenvalue weighted by molar-refractivity contribution is 5.81. The van der Waals surface area contributed by atoms with Crippen LogP contribution in [-0.4, -0.2) is 15.0 Å². The molecule has 4 aromatic rings. The van der Waals surface area contributed by atoms with Crippen molar-refractivity contribution < 1.29 is 8.78 Å². The quantitative estimate of drug-likeness (QED) is 0.550. The van der Waals surface area contributed by atoms with Crippen molar-refractivity contribution in [2.75, 3.05) is 0 Å². The van der Waals surface area contributed by atoms with Crippen LogP contribution in [0.2, 0.25) is 0 Å². The highest BCUT2D eigenvalue weighted by Crippen LogP contribution is 2.23. The molecule has 0 spiro atoms. The van der Waals surface area contributed by atoms with Gasteiger partial charge < -0.3 is 4.98 Å². The highest BCUT2D eigenvalue weighted by Gasteiger charge is 2.07. The van der Waals surface area contributed by atoms with Crippen LogP contribution in [0.3, 0.4) is 0 Å². The molecule has 0 radical (unpaired) electrons. The third-order valence-corrected chi connectivity index (χ3v) is 4.13. The van der Waals surface area contributed by atoms with Gasteiger partial charge in [0.05, 0.1) is 11.0 Å². The van der Waals surface area contributed by atoms with Crippen LogP contribution in [0.4, 0.5) is 8.78 Å². The number of aryl methyl sites for hydroxylation is 2. The summed E-state index contributed by atoms with van der Waals surface area (Å²) in [5.41, 5.74) is 4.35. The normalized spacial score (nSPS) is 11.1. The van der Waals surface area contributed by atoms with Crippen molar-refractivity contribution in [3.63, 3.8) is 0 Å². The van der Waals surface area contributed by atoms with Crippen molar-refractivity contribution in [1.82, 2.24) is 15.0 Å². The number of H-pyrrole nitrogens is 1. The van der Waals surface area contributed by atoms with Gasteiger partial charge in [-0.1, -0.05) is 18.2 Å². The first-order chi connectivity index (χ1) is 12.2. The van der Waals surface area contributed by atoms with E-state index in [1.807, 2.05) is 24.3 Å². The van der Waals surface area contributed by atoms with Crippen LogP contribution in [0, 0.1) is 11.8 Å². The molecule has 5 heteroatoms. The molecular formula is C20H15F2N3. The summed E-state index contributed by atoms with van der Waals surface area (Å²) < 4.78 is 26.5. The molecule has 25 heavy (non-hydrogen) atoms. The van der Waals surface area contributed by atoms with Gasteiger partial charge in [-0.2, -0.15) is 4.39 Å². The van der Waals surface area contributed by atoms with Crippen LogP contribution < -0.4 is 0 Å². The summed E-state index contributed by atoms with van der Waals surface area (Å²) in [5, 5.41) is 0. The van der Waals surface area contributed by atoms with Gasteiger partial charge in [0.15, 0.2) is 0 Å². The van der Waals surface area contributed by atoms with E-state index in [1.54, 1.807) is 18.2 Å². The fourth-order valence-electron chi connectivity index (χ4n) is 2.90. The number of aromatic nitrogens is 3. The molecule has 2 aromatic heterocycles. The Bertz CT molecular complexity index is 1040. The lowest BCUT2D eigenvalue weighted by Gasteiger charge is -2.01. The molecule has 0 aliphatic rings. The Balaban J connectivity index is 1.58. The van der Waals surface area contributed by atoms with Gasteiger partial charge in [-0.25, -0.2) is 14.4 Å². The van der Waals surface area contributed by atoms with E-state index in [-0.39, 0.29) is 5.82 Å². The fraction of sp³-hybridized carbons (Fsp3) is 0.100. The molecule has 0 atom stereocenters. The van der Waals surface area contributed by atoms with Crippen molar-refractivity contribution in [3.05, 3.63) is 83.9 Å². The van der Waals surface area contributed by atoms with Gasteiger partial charge in [0, 0.05) is 18.7 Å². The van der Waals surface area contributed by atoms with Crippen LogP contribution >= 0.6 is 0 Å². The Hall–Kier alpha value is -3.08. The molecule has 1 N–H and O–H groups in total. The summed E-state index contributed by atoms with van der Waals surface area (Å²) >= 11 is 0. The monoisotopic (exact) mass is 335 g/mol. The van der Waals surface area contributed by atoms with E-state index >= 15 is 0 Å². The number of aromatic amines is 1. The lowest BCUT2D eigenvalue weighted by atomic mass is 10.1. The lowest BCUT2D eigenvalue weighted by molar-refractivity contribution is 0.584. The van der Waals surface area contributed by atoms with Gasteiger partial charge in [0.2, 0.25) is 5.95 Å². The molecule has 0 saturated carbocycles. The summed E-state index contributed by atoms with van der Waals surface area (Å²) in [5.74, 6) is 0.117. The zero-order valence-electron chi connectivity index (χ0n) is 13.3. The predicted octanol–water partition coefficient (Wildman–Crippen LogP) is 4.69. The van der Waals surface area contributed by atoms with E-state index in [4.69, 9.17) is 0 Å². The molecule has 0 saturated heterocycles. The molecule has 0 aliphatic heterocycles. The maximum absolute atomic E-state index is 13.3. The number of halogens is 2. The number of imidazole rings is 1. The number of hydrogen-bond acceptors (Lipinski definition) is 2.